The summed E-state index contributed by atoms with van der Waals surface area (Å²) in [5.74, 6) is 0. The average Bonchev–Trinajstić information content (AvgIpc) is 2.10. The third kappa shape index (κ3) is 1.50. The molecule has 1 aromatic rings. The largest absolute Gasteiger partial charge is 0.398 e. The van der Waals surface area contributed by atoms with E-state index in [0.29, 0.717) is 6.42 Å². The van der Waals surface area contributed by atoms with Crippen molar-refractivity contribution in [2.75, 3.05) is 5.73 Å². The third-order valence-electron chi connectivity index (χ3n) is 3.17. The topological polar surface area (TPSA) is 46.2 Å². The average molecular weight is 191 g/mol. The quantitative estimate of drug-likeness (QED) is 0.614. The molecule has 1 aliphatic carbocycles. The maximum absolute atomic E-state index is 9.98. The molecule has 0 unspecified atom stereocenters. The SMILES string of the molecule is Cc1ccc(N)c2c1CC[C@@](C)(O)C2. The Morgan fingerprint density at radius 1 is 1.36 bits per heavy atom. The summed E-state index contributed by atoms with van der Waals surface area (Å²) in [4.78, 5) is 0. The molecule has 14 heavy (non-hydrogen) atoms. The van der Waals surface area contributed by atoms with Crippen LogP contribution in [-0.4, -0.2) is 10.7 Å². The number of nitrogens with two attached hydrogens (primary N) is 1. The Labute approximate surface area is 84.7 Å². The lowest BCUT2D eigenvalue weighted by Crippen LogP contribution is -2.33. The lowest BCUT2D eigenvalue weighted by atomic mass is 9.79. The van der Waals surface area contributed by atoms with Crippen LogP contribution in [-0.2, 0) is 12.8 Å². The van der Waals surface area contributed by atoms with Crippen LogP contribution >= 0.6 is 0 Å². The monoisotopic (exact) mass is 191 g/mol. The van der Waals surface area contributed by atoms with E-state index in [1.54, 1.807) is 0 Å². The van der Waals surface area contributed by atoms with Gasteiger partial charge in [-0.2, -0.15) is 0 Å². The van der Waals surface area contributed by atoms with Crippen molar-refractivity contribution in [1.82, 2.24) is 0 Å². The van der Waals surface area contributed by atoms with Gasteiger partial charge < -0.3 is 10.8 Å². The minimum absolute atomic E-state index is 0.574. The van der Waals surface area contributed by atoms with Gasteiger partial charge in [-0.3, -0.25) is 0 Å². The van der Waals surface area contributed by atoms with Crippen LogP contribution in [0, 0.1) is 6.92 Å². The van der Waals surface area contributed by atoms with Crippen LogP contribution in [0.5, 0.6) is 0 Å². The molecule has 76 valence electrons. The number of rotatable bonds is 0. The Bertz CT molecular complexity index is 369. The Balaban J connectivity index is 2.51. The van der Waals surface area contributed by atoms with E-state index >= 15 is 0 Å². The number of aliphatic hydroxyl groups is 1. The number of hydrogen-bond acceptors (Lipinski definition) is 2. The van der Waals surface area contributed by atoms with Crippen molar-refractivity contribution in [2.24, 2.45) is 0 Å². The van der Waals surface area contributed by atoms with E-state index in [9.17, 15) is 5.11 Å². The minimum atomic E-state index is -0.574. The summed E-state index contributed by atoms with van der Waals surface area (Å²) in [5.41, 5.74) is 9.96. The smallest absolute Gasteiger partial charge is 0.0664 e. The third-order valence-corrected chi connectivity index (χ3v) is 3.17. The molecule has 0 fully saturated rings. The first-order valence-electron chi connectivity index (χ1n) is 5.09. The van der Waals surface area contributed by atoms with Gasteiger partial charge in [-0.15, -0.1) is 0 Å². The van der Waals surface area contributed by atoms with E-state index < -0.39 is 5.60 Å². The standard InChI is InChI=1S/C12H17NO/c1-8-3-4-11(13)10-7-12(2,14)6-5-9(8)10/h3-4,14H,5-7,13H2,1-2H3/t12-/m1/s1. The van der Waals surface area contributed by atoms with E-state index in [0.717, 1.165) is 24.1 Å². The number of fused-ring (bicyclic) bond motifs is 1. The summed E-state index contributed by atoms with van der Waals surface area (Å²) in [6.45, 7) is 4.00. The number of anilines is 1. The normalized spacial score (nSPS) is 25.9. The molecule has 2 heteroatoms. The first-order chi connectivity index (χ1) is 6.49. The maximum atomic E-state index is 9.98. The van der Waals surface area contributed by atoms with E-state index in [1.807, 2.05) is 13.0 Å². The molecule has 0 heterocycles. The second-order valence-electron chi connectivity index (χ2n) is 4.60. The molecule has 0 saturated heterocycles. The molecule has 0 spiro atoms. The Hall–Kier alpha value is -1.02. The molecule has 0 amide bonds. The summed E-state index contributed by atoms with van der Waals surface area (Å²) in [6, 6.07) is 4.00. The summed E-state index contributed by atoms with van der Waals surface area (Å²) in [6.07, 6.45) is 2.47. The van der Waals surface area contributed by atoms with Crippen LogP contribution in [0.2, 0.25) is 0 Å². The molecule has 1 aliphatic rings. The molecule has 2 nitrogen and oxygen atoms in total. The lowest BCUT2D eigenvalue weighted by Gasteiger charge is -2.31. The van der Waals surface area contributed by atoms with Crippen LogP contribution in [0.1, 0.15) is 30.0 Å². The molecule has 0 aliphatic heterocycles. The molecular formula is C12H17NO. The number of aryl methyl sites for hydroxylation is 1. The summed E-state index contributed by atoms with van der Waals surface area (Å²) in [7, 11) is 0. The molecule has 0 bridgehead atoms. The zero-order valence-electron chi connectivity index (χ0n) is 8.80. The number of benzene rings is 1. The first kappa shape index (κ1) is 9.53. The van der Waals surface area contributed by atoms with Crippen molar-refractivity contribution in [1.29, 1.82) is 0 Å². The van der Waals surface area contributed by atoms with Gasteiger partial charge in [0.1, 0.15) is 0 Å². The Kier molecular flexibility index (Phi) is 2.04. The summed E-state index contributed by atoms with van der Waals surface area (Å²) >= 11 is 0. The van der Waals surface area contributed by atoms with Gasteiger partial charge in [0.05, 0.1) is 5.60 Å². The van der Waals surface area contributed by atoms with Crippen LogP contribution in [0.15, 0.2) is 12.1 Å². The maximum Gasteiger partial charge on any atom is 0.0664 e. The molecule has 0 aromatic heterocycles. The zero-order valence-corrected chi connectivity index (χ0v) is 8.80. The van der Waals surface area contributed by atoms with E-state index in [4.69, 9.17) is 5.73 Å². The predicted octanol–water partition coefficient (Wildman–Crippen LogP) is 1.82. The van der Waals surface area contributed by atoms with Gasteiger partial charge >= 0.3 is 0 Å². The van der Waals surface area contributed by atoms with E-state index in [-0.39, 0.29) is 0 Å². The fraction of sp³-hybridized carbons (Fsp3) is 0.500. The van der Waals surface area contributed by atoms with Crippen LogP contribution < -0.4 is 5.73 Å². The van der Waals surface area contributed by atoms with Gasteiger partial charge in [0.25, 0.3) is 0 Å². The lowest BCUT2D eigenvalue weighted by molar-refractivity contribution is 0.0460. The molecule has 1 atom stereocenters. The Morgan fingerprint density at radius 2 is 2.07 bits per heavy atom. The van der Waals surface area contributed by atoms with E-state index in [1.165, 1.54) is 11.1 Å². The van der Waals surface area contributed by atoms with Crippen molar-refractivity contribution < 1.29 is 5.11 Å². The van der Waals surface area contributed by atoms with E-state index in [2.05, 4.69) is 13.0 Å². The highest BCUT2D eigenvalue weighted by Gasteiger charge is 2.28. The molecule has 0 saturated carbocycles. The van der Waals surface area contributed by atoms with Crippen molar-refractivity contribution in [3.63, 3.8) is 0 Å². The highest BCUT2D eigenvalue weighted by molar-refractivity contribution is 5.55. The van der Waals surface area contributed by atoms with Gasteiger partial charge in [-0.1, -0.05) is 6.07 Å². The molecule has 2 rings (SSSR count). The van der Waals surface area contributed by atoms with Gasteiger partial charge in [-0.25, -0.2) is 0 Å². The van der Waals surface area contributed by atoms with Gasteiger partial charge in [0.2, 0.25) is 0 Å². The molecule has 0 radical (unpaired) electrons. The molecule has 3 N–H and O–H groups in total. The summed E-state index contributed by atoms with van der Waals surface area (Å²) in [5, 5.41) is 9.98. The second kappa shape index (κ2) is 2.99. The Morgan fingerprint density at radius 3 is 2.79 bits per heavy atom. The van der Waals surface area contributed by atoms with Crippen molar-refractivity contribution in [3.05, 3.63) is 28.8 Å². The zero-order chi connectivity index (χ0) is 10.3. The highest BCUT2D eigenvalue weighted by atomic mass is 16.3. The number of hydrogen-bond donors (Lipinski definition) is 2. The molecular weight excluding hydrogens is 174 g/mol. The fourth-order valence-electron chi connectivity index (χ4n) is 2.25. The van der Waals surface area contributed by atoms with Crippen LogP contribution in [0.3, 0.4) is 0 Å². The van der Waals surface area contributed by atoms with Gasteiger partial charge in [0, 0.05) is 12.1 Å². The predicted molar refractivity (Wildman–Crippen MR) is 58.2 cm³/mol. The minimum Gasteiger partial charge on any atom is -0.398 e. The van der Waals surface area contributed by atoms with Crippen molar-refractivity contribution in [2.45, 2.75) is 38.7 Å². The molecule has 1 aromatic carbocycles. The highest BCUT2D eigenvalue weighted by Crippen LogP contribution is 2.33. The number of nitrogen functional groups attached to an aromatic ring is 1. The first-order valence-corrected chi connectivity index (χ1v) is 5.09. The van der Waals surface area contributed by atoms with Gasteiger partial charge in [0.15, 0.2) is 0 Å². The van der Waals surface area contributed by atoms with Crippen LogP contribution in [0.4, 0.5) is 5.69 Å². The van der Waals surface area contributed by atoms with Crippen molar-refractivity contribution >= 4 is 5.69 Å². The van der Waals surface area contributed by atoms with Crippen LogP contribution in [0.25, 0.3) is 0 Å². The fourth-order valence-corrected chi connectivity index (χ4v) is 2.25. The van der Waals surface area contributed by atoms with Crippen molar-refractivity contribution in [3.8, 4) is 0 Å². The second-order valence-corrected chi connectivity index (χ2v) is 4.60. The summed E-state index contributed by atoms with van der Waals surface area (Å²) < 4.78 is 0. The van der Waals surface area contributed by atoms with Gasteiger partial charge in [-0.05, 0) is 49.4 Å².